The maximum absolute atomic E-state index is 6.34. The molecule has 4 heterocycles. The molecule has 0 fully saturated rings. The summed E-state index contributed by atoms with van der Waals surface area (Å²) in [5, 5.41) is 1.21. The molecule has 0 saturated carbocycles. The molecule has 198 valence electrons. The number of nitrogens with zero attached hydrogens (tertiary/aromatic N) is 1. The Kier molecular flexibility index (Phi) is 5.85. The van der Waals surface area contributed by atoms with E-state index >= 15 is 0 Å². The van der Waals surface area contributed by atoms with Gasteiger partial charge in [0.2, 0.25) is 0 Å². The molecule has 2 aliphatic rings. The van der Waals surface area contributed by atoms with Gasteiger partial charge in [-0.3, -0.25) is 4.90 Å². The van der Waals surface area contributed by atoms with Crippen molar-refractivity contribution in [3.05, 3.63) is 112 Å². The molecule has 2 unspecified atom stereocenters. The van der Waals surface area contributed by atoms with Gasteiger partial charge in [-0.15, -0.1) is 0 Å². The van der Waals surface area contributed by atoms with Gasteiger partial charge in [0.1, 0.15) is 29.9 Å². The number of aromatic amines is 1. The second kappa shape index (κ2) is 9.54. The van der Waals surface area contributed by atoms with Crippen LogP contribution in [-0.2, 0) is 19.4 Å². The monoisotopic (exact) mass is 520 g/mol. The van der Waals surface area contributed by atoms with Crippen LogP contribution in [0, 0.1) is 6.92 Å². The van der Waals surface area contributed by atoms with Gasteiger partial charge in [-0.1, -0.05) is 30.3 Å². The van der Waals surface area contributed by atoms with Crippen LogP contribution < -0.4 is 14.2 Å². The Bertz CT molecular complexity index is 1650. The van der Waals surface area contributed by atoms with Gasteiger partial charge in [-0.25, -0.2) is 0 Å². The molecule has 6 nitrogen and oxygen atoms in total. The van der Waals surface area contributed by atoms with Crippen molar-refractivity contribution >= 4 is 10.9 Å². The van der Waals surface area contributed by atoms with Crippen LogP contribution in [0.25, 0.3) is 10.9 Å². The minimum Gasteiger partial charge on any atom is -0.497 e. The molecule has 1 N–H and O–H groups in total. The molecule has 5 aromatic rings. The zero-order chi connectivity index (χ0) is 26.5. The van der Waals surface area contributed by atoms with Gasteiger partial charge in [0.25, 0.3) is 0 Å². The largest absolute Gasteiger partial charge is 0.497 e. The van der Waals surface area contributed by atoms with E-state index in [2.05, 4.69) is 58.4 Å². The summed E-state index contributed by atoms with van der Waals surface area (Å²) in [6.45, 7) is 3.42. The summed E-state index contributed by atoms with van der Waals surface area (Å²) in [6.07, 6.45) is 1.82. The first-order valence-electron chi connectivity index (χ1n) is 13.5. The first-order valence-corrected chi connectivity index (χ1v) is 13.5. The molecule has 0 spiro atoms. The van der Waals surface area contributed by atoms with E-state index in [0.29, 0.717) is 6.61 Å². The third-order valence-corrected chi connectivity index (χ3v) is 8.24. The smallest absolute Gasteiger partial charge is 0.162 e. The average Bonchev–Trinajstić information content (AvgIpc) is 3.57. The van der Waals surface area contributed by atoms with Gasteiger partial charge >= 0.3 is 0 Å². The quantitative estimate of drug-likeness (QED) is 0.264. The van der Waals surface area contributed by atoms with Crippen molar-refractivity contribution in [1.82, 2.24) is 9.88 Å². The van der Waals surface area contributed by atoms with Gasteiger partial charge in [-0.2, -0.15) is 0 Å². The summed E-state index contributed by atoms with van der Waals surface area (Å²) in [6, 6.07) is 25.3. The SMILES string of the molecule is COc1ccc2[nH]c3c(c2c1)CC1c2cc(OCc4ccccc4)c(OC)cc2CCN1C3c1ccc(C)o1. The highest BCUT2D eigenvalue weighted by atomic mass is 16.5. The van der Waals surface area contributed by atoms with Crippen LogP contribution in [0.1, 0.15) is 51.6 Å². The summed E-state index contributed by atoms with van der Waals surface area (Å²) in [5.74, 6) is 4.31. The van der Waals surface area contributed by atoms with Crippen LogP contribution >= 0.6 is 0 Å². The molecular formula is C33H32N2O4. The second-order valence-corrected chi connectivity index (χ2v) is 10.5. The molecule has 0 saturated heterocycles. The minimum atomic E-state index is -0.00483. The highest BCUT2D eigenvalue weighted by Gasteiger charge is 2.42. The summed E-state index contributed by atoms with van der Waals surface area (Å²) < 4.78 is 24.0. The van der Waals surface area contributed by atoms with Gasteiger partial charge in [0, 0.05) is 29.2 Å². The zero-order valence-electron chi connectivity index (χ0n) is 22.5. The Labute approximate surface area is 228 Å². The van der Waals surface area contributed by atoms with Crippen LogP contribution in [0.2, 0.25) is 0 Å². The predicted octanol–water partition coefficient (Wildman–Crippen LogP) is 6.91. The Morgan fingerprint density at radius 2 is 1.82 bits per heavy atom. The Morgan fingerprint density at radius 1 is 0.949 bits per heavy atom. The van der Waals surface area contributed by atoms with Crippen LogP contribution in [0.5, 0.6) is 17.2 Å². The van der Waals surface area contributed by atoms with Crippen molar-refractivity contribution < 1.29 is 18.6 Å². The van der Waals surface area contributed by atoms with Gasteiger partial charge in [-0.05, 0) is 84.5 Å². The van der Waals surface area contributed by atoms with Gasteiger partial charge < -0.3 is 23.6 Å². The number of benzene rings is 3. The lowest BCUT2D eigenvalue weighted by molar-refractivity contribution is 0.112. The summed E-state index contributed by atoms with van der Waals surface area (Å²) >= 11 is 0. The third kappa shape index (κ3) is 4.07. The number of nitrogens with one attached hydrogen (secondary N) is 1. The average molecular weight is 521 g/mol. The van der Waals surface area contributed by atoms with E-state index < -0.39 is 0 Å². The highest BCUT2D eigenvalue weighted by molar-refractivity contribution is 5.87. The van der Waals surface area contributed by atoms with Crippen molar-refractivity contribution in [2.24, 2.45) is 0 Å². The molecular weight excluding hydrogens is 488 g/mol. The van der Waals surface area contributed by atoms with E-state index in [1.165, 1.54) is 27.8 Å². The van der Waals surface area contributed by atoms with E-state index in [-0.39, 0.29) is 12.1 Å². The first-order chi connectivity index (χ1) is 19.1. The Balaban J connectivity index is 1.34. The fraction of sp³-hybridized carbons (Fsp3) is 0.273. The lowest BCUT2D eigenvalue weighted by Gasteiger charge is -2.45. The standard InChI is InChI=1S/C33H32N2O4/c1-20-9-12-29(39-20)33-32-26(25-16-23(36-2)10-11-27(25)34-32)17-28-24-18-31(38-19-21-7-5-4-6-8-21)30(37-3)15-22(24)13-14-35(28)33/h4-12,15-16,18,28,33-34H,13-14,17,19H2,1-3H3. The fourth-order valence-corrected chi connectivity index (χ4v) is 6.37. The van der Waals surface area contributed by atoms with Crippen LogP contribution in [-0.4, -0.2) is 30.6 Å². The molecule has 0 radical (unpaired) electrons. The summed E-state index contributed by atoms with van der Waals surface area (Å²) in [7, 11) is 3.44. The van der Waals surface area contributed by atoms with Crippen molar-refractivity contribution in [1.29, 1.82) is 0 Å². The first kappa shape index (κ1) is 23.9. The number of aromatic nitrogens is 1. The number of fused-ring (bicyclic) bond motifs is 6. The van der Waals surface area contributed by atoms with Crippen molar-refractivity contribution in [2.75, 3.05) is 20.8 Å². The van der Waals surface area contributed by atoms with E-state index in [0.717, 1.165) is 59.2 Å². The van der Waals surface area contributed by atoms with E-state index in [9.17, 15) is 0 Å². The molecule has 0 bridgehead atoms. The summed E-state index contributed by atoms with van der Waals surface area (Å²) in [5.41, 5.74) is 7.38. The number of aryl methyl sites for hydroxylation is 1. The summed E-state index contributed by atoms with van der Waals surface area (Å²) in [4.78, 5) is 6.33. The molecule has 3 aromatic carbocycles. The molecule has 39 heavy (non-hydrogen) atoms. The topological polar surface area (TPSA) is 59.9 Å². The fourth-order valence-electron chi connectivity index (χ4n) is 6.37. The number of hydrogen-bond acceptors (Lipinski definition) is 5. The molecule has 7 rings (SSSR count). The number of furan rings is 1. The third-order valence-electron chi connectivity index (χ3n) is 8.24. The predicted molar refractivity (Wildman–Crippen MR) is 151 cm³/mol. The van der Waals surface area contributed by atoms with E-state index in [1.54, 1.807) is 14.2 Å². The van der Waals surface area contributed by atoms with Crippen molar-refractivity contribution in [2.45, 2.75) is 38.5 Å². The number of hydrogen-bond donors (Lipinski definition) is 1. The van der Waals surface area contributed by atoms with Crippen molar-refractivity contribution in [3.8, 4) is 17.2 Å². The number of methoxy groups -OCH3 is 2. The number of rotatable bonds is 6. The molecule has 0 amide bonds. The number of H-pyrrole nitrogens is 1. The molecule has 2 aliphatic heterocycles. The normalized spacial score (nSPS) is 18.3. The van der Waals surface area contributed by atoms with Crippen molar-refractivity contribution in [3.63, 3.8) is 0 Å². The van der Waals surface area contributed by atoms with Crippen LogP contribution in [0.15, 0.2) is 77.2 Å². The van der Waals surface area contributed by atoms with Gasteiger partial charge in [0.05, 0.1) is 14.2 Å². The lowest BCUT2D eigenvalue weighted by Crippen LogP contribution is -2.43. The maximum Gasteiger partial charge on any atom is 0.162 e. The molecule has 2 atom stereocenters. The maximum atomic E-state index is 6.34. The van der Waals surface area contributed by atoms with E-state index in [4.69, 9.17) is 18.6 Å². The molecule has 2 aromatic heterocycles. The zero-order valence-corrected chi connectivity index (χ0v) is 22.5. The highest BCUT2D eigenvalue weighted by Crippen LogP contribution is 2.50. The van der Waals surface area contributed by atoms with Crippen LogP contribution in [0.3, 0.4) is 0 Å². The van der Waals surface area contributed by atoms with E-state index in [1.807, 2.05) is 31.2 Å². The second-order valence-electron chi connectivity index (χ2n) is 10.5. The lowest BCUT2D eigenvalue weighted by atomic mass is 9.81. The minimum absolute atomic E-state index is 0.00483. The molecule has 6 heteroatoms. The van der Waals surface area contributed by atoms with Gasteiger partial charge in [0.15, 0.2) is 11.5 Å². The molecule has 0 aliphatic carbocycles. The van der Waals surface area contributed by atoms with Crippen LogP contribution in [0.4, 0.5) is 0 Å². The number of ether oxygens (including phenoxy) is 3. The Morgan fingerprint density at radius 3 is 2.59 bits per heavy atom. The Hall–Kier alpha value is -4.16.